The van der Waals surface area contributed by atoms with E-state index in [1.807, 2.05) is 0 Å². The lowest BCUT2D eigenvalue weighted by atomic mass is 9.86. The van der Waals surface area contributed by atoms with E-state index in [2.05, 4.69) is 20.1 Å². The number of amides is 3. The number of methoxy groups -OCH3 is 2. The molecule has 0 unspecified atom stereocenters. The Morgan fingerprint density at radius 1 is 0.846 bits per heavy atom. The zero-order valence-corrected chi connectivity index (χ0v) is 15.8. The number of esters is 2. The first-order valence-electron chi connectivity index (χ1n) is 8.00. The van der Waals surface area contributed by atoms with Crippen LogP contribution in [0.15, 0.2) is 0 Å². The molecule has 0 aromatic rings. The van der Waals surface area contributed by atoms with Crippen molar-refractivity contribution in [1.82, 2.24) is 10.6 Å². The molecule has 0 aromatic carbocycles. The van der Waals surface area contributed by atoms with Gasteiger partial charge in [-0.25, -0.2) is 0 Å². The Balaban J connectivity index is 5.59. The van der Waals surface area contributed by atoms with E-state index in [1.165, 1.54) is 13.8 Å². The first-order valence-corrected chi connectivity index (χ1v) is 8.00. The molecular formula is C16H27N3O7. The van der Waals surface area contributed by atoms with Crippen LogP contribution in [-0.4, -0.2) is 56.0 Å². The number of nitrogens with two attached hydrogens (primary N) is 1. The molecule has 4 N–H and O–H groups in total. The second kappa shape index (κ2) is 10.4. The summed E-state index contributed by atoms with van der Waals surface area (Å²) in [7, 11) is 2.16. The molecule has 10 heteroatoms. The van der Waals surface area contributed by atoms with Crippen LogP contribution >= 0.6 is 0 Å². The maximum Gasteiger partial charge on any atom is 0.320 e. The third-order valence-electron chi connectivity index (χ3n) is 3.87. The van der Waals surface area contributed by atoms with E-state index in [0.717, 1.165) is 14.2 Å². The molecular weight excluding hydrogens is 346 g/mol. The molecule has 10 nitrogen and oxygen atoms in total. The number of nitrogens with one attached hydrogen (secondary N) is 2. The van der Waals surface area contributed by atoms with Gasteiger partial charge in [-0.2, -0.15) is 0 Å². The third kappa shape index (κ3) is 6.34. The summed E-state index contributed by atoms with van der Waals surface area (Å²) in [6.07, 6.45) is 0. The van der Waals surface area contributed by atoms with Crippen molar-refractivity contribution in [3.05, 3.63) is 0 Å². The predicted octanol–water partition coefficient (Wildman–Crippen LogP) is -1.28. The highest BCUT2D eigenvalue weighted by Crippen LogP contribution is 2.20. The minimum Gasteiger partial charge on any atom is -0.468 e. The summed E-state index contributed by atoms with van der Waals surface area (Å²) >= 11 is 0. The number of carbonyl (C=O) groups is 5. The molecule has 0 aromatic heterocycles. The normalized spacial score (nSPS) is 14.2. The maximum atomic E-state index is 12.5. The molecule has 0 saturated carbocycles. The molecule has 0 spiro atoms. The van der Waals surface area contributed by atoms with Gasteiger partial charge < -0.3 is 25.8 Å². The van der Waals surface area contributed by atoms with E-state index >= 15 is 0 Å². The van der Waals surface area contributed by atoms with Crippen molar-refractivity contribution in [3.8, 4) is 0 Å². The maximum absolute atomic E-state index is 12.5. The molecule has 3 atom stereocenters. The molecule has 0 radical (unpaired) electrons. The van der Waals surface area contributed by atoms with E-state index in [0.29, 0.717) is 0 Å². The van der Waals surface area contributed by atoms with Gasteiger partial charge in [0.25, 0.3) is 0 Å². The molecule has 0 heterocycles. The fraction of sp³-hybridized carbons (Fsp3) is 0.688. The average molecular weight is 373 g/mol. The van der Waals surface area contributed by atoms with Gasteiger partial charge in [0.05, 0.1) is 14.2 Å². The quantitative estimate of drug-likeness (QED) is 0.336. The van der Waals surface area contributed by atoms with Crippen LogP contribution in [0.2, 0.25) is 0 Å². The monoisotopic (exact) mass is 373 g/mol. The van der Waals surface area contributed by atoms with Gasteiger partial charge in [0.1, 0.15) is 12.1 Å². The van der Waals surface area contributed by atoms with E-state index < -0.39 is 53.6 Å². The Morgan fingerprint density at radius 3 is 1.62 bits per heavy atom. The summed E-state index contributed by atoms with van der Waals surface area (Å²) in [4.78, 5) is 59.4. The standard InChI is InChI=1S/C16H27N3O7/c1-7(2)11(18-9(4)20)14(22)19-12(13(17)21)8(3)10(15(23)25-5)16(24)26-6/h7-8,10-12H,1-6H3,(H2,17,21)(H,18,20)(H,19,22)/t8-,11-,12+/m1/s1. The molecule has 0 bridgehead atoms. The Hall–Kier alpha value is -2.65. The first kappa shape index (κ1) is 23.4. The van der Waals surface area contributed by atoms with Gasteiger partial charge in [-0.1, -0.05) is 20.8 Å². The van der Waals surface area contributed by atoms with Crippen molar-refractivity contribution in [2.45, 2.75) is 39.8 Å². The van der Waals surface area contributed by atoms with Crippen LogP contribution in [-0.2, 0) is 33.4 Å². The van der Waals surface area contributed by atoms with E-state index in [-0.39, 0.29) is 5.92 Å². The molecule has 0 rings (SSSR count). The van der Waals surface area contributed by atoms with Crippen LogP contribution in [0.3, 0.4) is 0 Å². The van der Waals surface area contributed by atoms with Gasteiger partial charge in [-0.3, -0.25) is 24.0 Å². The molecule has 3 amide bonds. The van der Waals surface area contributed by atoms with Crippen LogP contribution in [0.5, 0.6) is 0 Å². The van der Waals surface area contributed by atoms with Crippen LogP contribution < -0.4 is 16.4 Å². The van der Waals surface area contributed by atoms with Gasteiger partial charge in [0, 0.05) is 12.8 Å². The topological polar surface area (TPSA) is 154 Å². The molecule has 0 aliphatic rings. The van der Waals surface area contributed by atoms with Gasteiger partial charge in [-0.15, -0.1) is 0 Å². The SMILES string of the molecule is COC(=O)C(C(=O)OC)[C@@H](C)[C@H](NC(=O)[C@H](NC(C)=O)C(C)C)C(N)=O. The number of primary amides is 1. The summed E-state index contributed by atoms with van der Waals surface area (Å²) in [5.41, 5.74) is 5.34. The average Bonchev–Trinajstić information content (AvgIpc) is 2.55. The number of carbonyl (C=O) groups excluding carboxylic acids is 5. The van der Waals surface area contributed by atoms with Crippen LogP contribution in [0.1, 0.15) is 27.7 Å². The fourth-order valence-corrected chi connectivity index (χ4v) is 2.43. The Labute approximate surface area is 152 Å². The second-order valence-electron chi connectivity index (χ2n) is 6.19. The lowest BCUT2D eigenvalue weighted by Gasteiger charge is -2.29. The molecule has 0 fully saturated rings. The highest BCUT2D eigenvalue weighted by Gasteiger charge is 2.42. The van der Waals surface area contributed by atoms with E-state index in [1.54, 1.807) is 13.8 Å². The van der Waals surface area contributed by atoms with E-state index in [4.69, 9.17) is 5.73 Å². The summed E-state index contributed by atoms with van der Waals surface area (Å²) < 4.78 is 9.14. The molecule has 0 aliphatic carbocycles. The summed E-state index contributed by atoms with van der Waals surface area (Å²) in [5, 5.41) is 4.87. The molecule has 148 valence electrons. The fourth-order valence-electron chi connectivity index (χ4n) is 2.43. The number of rotatable bonds is 9. The van der Waals surface area contributed by atoms with Crippen molar-refractivity contribution in [2.24, 2.45) is 23.5 Å². The van der Waals surface area contributed by atoms with E-state index in [9.17, 15) is 24.0 Å². The summed E-state index contributed by atoms with van der Waals surface area (Å²) in [6.45, 7) is 6.04. The Morgan fingerprint density at radius 2 is 1.31 bits per heavy atom. The van der Waals surface area contributed by atoms with Crippen molar-refractivity contribution < 1.29 is 33.4 Å². The number of hydrogen-bond donors (Lipinski definition) is 3. The van der Waals surface area contributed by atoms with Gasteiger partial charge in [0.15, 0.2) is 5.92 Å². The zero-order chi connectivity index (χ0) is 20.6. The number of hydrogen-bond acceptors (Lipinski definition) is 7. The van der Waals surface area contributed by atoms with Crippen molar-refractivity contribution in [2.75, 3.05) is 14.2 Å². The van der Waals surface area contributed by atoms with Gasteiger partial charge in [-0.05, 0) is 5.92 Å². The van der Waals surface area contributed by atoms with Crippen molar-refractivity contribution >= 4 is 29.7 Å². The lowest BCUT2D eigenvalue weighted by Crippen LogP contribution is -2.58. The highest BCUT2D eigenvalue weighted by atomic mass is 16.5. The van der Waals surface area contributed by atoms with Crippen LogP contribution in [0.25, 0.3) is 0 Å². The minimum absolute atomic E-state index is 0.278. The first-order chi connectivity index (χ1) is 12.0. The second-order valence-corrected chi connectivity index (χ2v) is 6.19. The summed E-state index contributed by atoms with van der Waals surface area (Å²) in [5.74, 6) is -6.67. The van der Waals surface area contributed by atoms with Crippen molar-refractivity contribution in [1.29, 1.82) is 0 Å². The Bertz CT molecular complexity index is 546. The van der Waals surface area contributed by atoms with Gasteiger partial charge >= 0.3 is 11.9 Å². The van der Waals surface area contributed by atoms with Crippen LogP contribution in [0.4, 0.5) is 0 Å². The highest BCUT2D eigenvalue weighted by molar-refractivity contribution is 5.97. The lowest BCUT2D eigenvalue weighted by molar-refractivity contribution is -0.162. The largest absolute Gasteiger partial charge is 0.468 e. The Kier molecular flexibility index (Phi) is 9.31. The minimum atomic E-state index is -1.46. The predicted molar refractivity (Wildman–Crippen MR) is 90.3 cm³/mol. The van der Waals surface area contributed by atoms with Crippen molar-refractivity contribution in [3.63, 3.8) is 0 Å². The third-order valence-corrected chi connectivity index (χ3v) is 3.87. The molecule has 26 heavy (non-hydrogen) atoms. The van der Waals surface area contributed by atoms with Gasteiger partial charge in [0.2, 0.25) is 17.7 Å². The zero-order valence-electron chi connectivity index (χ0n) is 15.8. The number of ether oxygens (including phenoxy) is 2. The van der Waals surface area contributed by atoms with Crippen LogP contribution in [0, 0.1) is 17.8 Å². The smallest absolute Gasteiger partial charge is 0.320 e. The summed E-state index contributed by atoms with van der Waals surface area (Å²) in [6, 6.07) is -2.28. The molecule has 0 aliphatic heterocycles. The molecule has 0 saturated heterocycles.